The third-order valence-corrected chi connectivity index (χ3v) is 15.2. The summed E-state index contributed by atoms with van der Waals surface area (Å²) >= 11 is 0. The fourth-order valence-electron chi connectivity index (χ4n) is 12.2. The molecule has 0 bridgehead atoms. The molecule has 1 heterocycles. The normalized spacial score (nSPS) is 16.3. The fraction of sp³-hybridized carbons (Fsp3) is 0.0312. The van der Waals surface area contributed by atoms with E-state index in [0.29, 0.717) is 11.8 Å². The van der Waals surface area contributed by atoms with Crippen molar-refractivity contribution in [3.8, 4) is 39.1 Å². The van der Waals surface area contributed by atoms with E-state index in [1.807, 2.05) is 12.1 Å². The Kier molecular flexibility index (Phi) is 7.30. The standard InChI is InChI=1S/C64H38FN/c65-47-23-25-48(26-24-47)66-57-35-33-51(39-11-7-37(8-12-39)49-27-19-45-17-15-41-3-1-5-43-21-29-53(49)61(45)59(41)43)55-31-32-56-52(34-36-58(66)64(56)63(55)57)40-13-9-38(10-14-40)50-28-20-46-18-16-42-4-2-6-44-22-30-54(50)62(46)60(42)44/h1-36,45,61H. The topological polar surface area (TPSA) is 4.93 Å². The number of hydrogen-bond acceptors (Lipinski definition) is 0. The zero-order valence-corrected chi connectivity index (χ0v) is 35.8. The number of halogens is 1. The van der Waals surface area contributed by atoms with Crippen LogP contribution in [0.3, 0.4) is 0 Å². The van der Waals surface area contributed by atoms with Gasteiger partial charge in [-0.05, 0) is 146 Å². The third-order valence-electron chi connectivity index (χ3n) is 15.2. The van der Waals surface area contributed by atoms with Crippen molar-refractivity contribution in [1.29, 1.82) is 0 Å². The Morgan fingerprint density at radius 1 is 0.379 bits per heavy atom. The zero-order chi connectivity index (χ0) is 43.2. The molecule has 12 aromatic rings. The lowest BCUT2D eigenvalue weighted by molar-refractivity contribution is 0.627. The van der Waals surface area contributed by atoms with Gasteiger partial charge >= 0.3 is 0 Å². The van der Waals surface area contributed by atoms with E-state index in [1.165, 1.54) is 121 Å². The second-order valence-electron chi connectivity index (χ2n) is 18.4. The Morgan fingerprint density at radius 3 is 1.53 bits per heavy atom. The molecule has 0 fully saturated rings. The zero-order valence-electron chi connectivity index (χ0n) is 35.8. The Morgan fingerprint density at radius 2 is 0.879 bits per heavy atom. The van der Waals surface area contributed by atoms with Gasteiger partial charge in [-0.2, -0.15) is 0 Å². The Balaban J connectivity index is 0.854. The third kappa shape index (κ3) is 4.99. The molecule has 3 aliphatic rings. The average molecular weight is 840 g/mol. The summed E-state index contributed by atoms with van der Waals surface area (Å²) < 4.78 is 16.7. The minimum Gasteiger partial charge on any atom is -0.309 e. The van der Waals surface area contributed by atoms with Gasteiger partial charge in [0.05, 0.1) is 11.0 Å². The van der Waals surface area contributed by atoms with Gasteiger partial charge in [0.2, 0.25) is 0 Å². The molecular formula is C64H38FN. The van der Waals surface area contributed by atoms with Gasteiger partial charge in [-0.15, -0.1) is 0 Å². The summed E-state index contributed by atoms with van der Waals surface area (Å²) in [5.74, 6) is 0.479. The first-order valence-corrected chi connectivity index (χ1v) is 23.0. The van der Waals surface area contributed by atoms with Crippen LogP contribution in [0.2, 0.25) is 0 Å². The van der Waals surface area contributed by atoms with Crippen molar-refractivity contribution >= 4 is 82.6 Å². The van der Waals surface area contributed by atoms with Gasteiger partial charge in [-0.1, -0.05) is 182 Å². The van der Waals surface area contributed by atoms with Crippen molar-refractivity contribution in [2.24, 2.45) is 5.92 Å². The van der Waals surface area contributed by atoms with E-state index in [-0.39, 0.29) is 5.82 Å². The Hall–Kier alpha value is -8.33. The van der Waals surface area contributed by atoms with Crippen molar-refractivity contribution in [3.05, 3.63) is 240 Å². The molecule has 15 rings (SSSR count). The molecule has 2 heteroatoms. The second-order valence-corrected chi connectivity index (χ2v) is 18.4. The fourth-order valence-corrected chi connectivity index (χ4v) is 12.2. The number of nitrogens with zero attached hydrogens (tertiary/aromatic N) is 1. The van der Waals surface area contributed by atoms with Gasteiger partial charge in [0.1, 0.15) is 5.82 Å². The van der Waals surface area contributed by atoms with Gasteiger partial charge in [0.25, 0.3) is 0 Å². The van der Waals surface area contributed by atoms with Crippen molar-refractivity contribution in [1.82, 2.24) is 4.57 Å². The number of allylic oxidation sites excluding steroid dienone is 6. The van der Waals surface area contributed by atoms with E-state index < -0.39 is 0 Å². The summed E-state index contributed by atoms with van der Waals surface area (Å²) in [7, 11) is 0. The number of aromatic nitrogens is 1. The minimum atomic E-state index is -0.241. The number of hydrogen-bond donors (Lipinski definition) is 0. The molecule has 2 atom stereocenters. The molecular weight excluding hydrogens is 802 g/mol. The molecule has 1 nitrogen and oxygen atoms in total. The average Bonchev–Trinajstić information content (AvgIpc) is 3.72. The summed E-state index contributed by atoms with van der Waals surface area (Å²) in [5, 5.41) is 12.6. The summed E-state index contributed by atoms with van der Waals surface area (Å²) in [5.41, 5.74) is 18.4. The molecule has 0 N–H and O–H groups in total. The molecule has 0 radical (unpaired) electrons. The lowest BCUT2D eigenvalue weighted by atomic mass is 9.67. The smallest absolute Gasteiger partial charge is 0.123 e. The second kappa shape index (κ2) is 13.4. The largest absolute Gasteiger partial charge is 0.309 e. The quantitative estimate of drug-likeness (QED) is 0.152. The highest BCUT2D eigenvalue weighted by Crippen LogP contribution is 2.51. The maximum atomic E-state index is 14.4. The maximum absolute atomic E-state index is 14.4. The predicted molar refractivity (Wildman–Crippen MR) is 276 cm³/mol. The SMILES string of the molecule is Fc1ccc(-n2c3ccc(-c4ccc(C5=C6C=Cc7cccc8c7C6C(C=C5)C=C8)cc4)c4ccc5c(-c6ccc(-c7ccc8ccc9cccc%10ccc7c8c9%10)cc6)ccc2c5c43)cc1. The van der Waals surface area contributed by atoms with E-state index >= 15 is 0 Å². The van der Waals surface area contributed by atoms with Crippen LogP contribution in [0.1, 0.15) is 28.2 Å². The summed E-state index contributed by atoms with van der Waals surface area (Å²) in [6.07, 6.45) is 14.0. The van der Waals surface area contributed by atoms with Crippen LogP contribution in [0.15, 0.2) is 212 Å². The maximum Gasteiger partial charge on any atom is 0.123 e. The van der Waals surface area contributed by atoms with E-state index in [1.54, 1.807) is 12.1 Å². The lowest BCUT2D eigenvalue weighted by Crippen LogP contribution is -2.21. The molecule has 306 valence electrons. The molecule has 0 spiro atoms. The molecule has 3 aliphatic carbocycles. The van der Waals surface area contributed by atoms with Gasteiger partial charge < -0.3 is 4.57 Å². The highest BCUT2D eigenvalue weighted by Gasteiger charge is 2.34. The van der Waals surface area contributed by atoms with Crippen LogP contribution < -0.4 is 0 Å². The molecule has 0 amide bonds. The molecule has 66 heavy (non-hydrogen) atoms. The molecule has 0 aliphatic heterocycles. The Labute approximate surface area is 380 Å². The van der Waals surface area contributed by atoms with Crippen molar-refractivity contribution in [2.75, 3.05) is 0 Å². The van der Waals surface area contributed by atoms with E-state index in [0.717, 1.165) is 16.7 Å². The van der Waals surface area contributed by atoms with E-state index in [9.17, 15) is 4.39 Å². The monoisotopic (exact) mass is 839 g/mol. The van der Waals surface area contributed by atoms with Gasteiger partial charge in [-0.3, -0.25) is 0 Å². The summed E-state index contributed by atoms with van der Waals surface area (Å²) in [4.78, 5) is 0. The summed E-state index contributed by atoms with van der Waals surface area (Å²) in [6.45, 7) is 0. The van der Waals surface area contributed by atoms with Crippen molar-refractivity contribution in [3.63, 3.8) is 0 Å². The lowest BCUT2D eigenvalue weighted by Gasteiger charge is -2.36. The predicted octanol–water partition coefficient (Wildman–Crippen LogP) is 17.2. The number of benzene rings is 11. The summed E-state index contributed by atoms with van der Waals surface area (Å²) in [6, 6.07) is 65.8. The first kappa shape index (κ1) is 36.1. The molecule has 11 aromatic carbocycles. The van der Waals surface area contributed by atoms with Gasteiger partial charge in [-0.25, -0.2) is 4.39 Å². The van der Waals surface area contributed by atoms with Crippen LogP contribution >= 0.6 is 0 Å². The highest BCUT2D eigenvalue weighted by molar-refractivity contribution is 6.29. The van der Waals surface area contributed by atoms with Gasteiger partial charge in [0.15, 0.2) is 0 Å². The van der Waals surface area contributed by atoms with Crippen LogP contribution in [0, 0.1) is 11.7 Å². The van der Waals surface area contributed by atoms with Crippen molar-refractivity contribution in [2.45, 2.75) is 5.92 Å². The van der Waals surface area contributed by atoms with E-state index in [2.05, 4.69) is 199 Å². The molecule has 0 saturated heterocycles. The van der Waals surface area contributed by atoms with Crippen LogP contribution in [-0.4, -0.2) is 4.57 Å². The van der Waals surface area contributed by atoms with Crippen LogP contribution in [-0.2, 0) is 0 Å². The molecule has 0 saturated carbocycles. The first-order valence-electron chi connectivity index (χ1n) is 23.0. The molecule has 2 unspecified atom stereocenters. The van der Waals surface area contributed by atoms with Crippen LogP contribution in [0.25, 0.3) is 122 Å². The highest BCUT2D eigenvalue weighted by atomic mass is 19.1. The minimum absolute atomic E-state index is 0.241. The van der Waals surface area contributed by atoms with Gasteiger partial charge in [0, 0.05) is 28.3 Å². The molecule has 1 aromatic heterocycles. The Bertz CT molecular complexity index is 4120. The van der Waals surface area contributed by atoms with Crippen molar-refractivity contribution < 1.29 is 4.39 Å². The van der Waals surface area contributed by atoms with Crippen LogP contribution in [0.4, 0.5) is 4.39 Å². The first-order chi connectivity index (χ1) is 32.6. The van der Waals surface area contributed by atoms with E-state index in [4.69, 9.17) is 0 Å². The number of rotatable bonds is 5. The van der Waals surface area contributed by atoms with Crippen LogP contribution in [0.5, 0.6) is 0 Å².